The number of fused-ring (bicyclic) bond motifs is 1. The molecule has 0 saturated carbocycles. The van der Waals surface area contributed by atoms with Gasteiger partial charge in [-0.1, -0.05) is 12.1 Å². The molecule has 0 amide bonds. The molecule has 1 atom stereocenters. The molecule has 2 N–H and O–H groups in total. The lowest BCUT2D eigenvalue weighted by Gasteiger charge is -2.07. The van der Waals surface area contributed by atoms with Crippen molar-refractivity contribution in [3.05, 3.63) is 41.9 Å². The SMILES string of the molecule is CC(N)Cc1ccc2ccn(Cc3nnn(C)n3)c2c1. The molecule has 3 aromatic rings. The number of aromatic nitrogens is 5. The number of nitrogens with two attached hydrogens (primary N) is 1. The number of nitrogens with zero attached hydrogens (tertiary/aromatic N) is 5. The van der Waals surface area contributed by atoms with Crippen LogP contribution in [-0.2, 0) is 20.0 Å². The molecule has 0 radical (unpaired) electrons. The van der Waals surface area contributed by atoms with Crippen molar-refractivity contribution in [3.63, 3.8) is 0 Å². The van der Waals surface area contributed by atoms with E-state index in [9.17, 15) is 0 Å². The van der Waals surface area contributed by atoms with Gasteiger partial charge in [-0.25, -0.2) is 0 Å². The predicted octanol–water partition coefficient (Wildman–Crippen LogP) is 1.10. The highest BCUT2D eigenvalue weighted by molar-refractivity contribution is 5.80. The number of benzene rings is 1. The van der Waals surface area contributed by atoms with Crippen LogP contribution in [0.15, 0.2) is 30.5 Å². The summed E-state index contributed by atoms with van der Waals surface area (Å²) in [4.78, 5) is 1.47. The predicted molar refractivity (Wildman–Crippen MR) is 77.2 cm³/mol. The largest absolute Gasteiger partial charge is 0.340 e. The minimum absolute atomic E-state index is 0.164. The van der Waals surface area contributed by atoms with E-state index in [4.69, 9.17) is 5.73 Å². The van der Waals surface area contributed by atoms with Crippen LogP contribution in [-0.4, -0.2) is 30.8 Å². The Morgan fingerprint density at radius 3 is 2.85 bits per heavy atom. The summed E-state index contributed by atoms with van der Waals surface area (Å²) in [5.74, 6) is 0.711. The van der Waals surface area contributed by atoms with E-state index in [0.717, 1.165) is 6.42 Å². The number of tetrazole rings is 1. The first kappa shape index (κ1) is 12.8. The molecule has 0 aliphatic rings. The standard InChI is InChI=1S/C14H18N6/c1-10(15)7-11-3-4-12-5-6-20(13(12)8-11)9-14-16-18-19(2)17-14/h3-6,8,10H,7,9,15H2,1-2H3. The maximum absolute atomic E-state index is 5.87. The molecule has 2 heterocycles. The lowest BCUT2D eigenvalue weighted by molar-refractivity contribution is 0.625. The molecule has 0 spiro atoms. The highest BCUT2D eigenvalue weighted by atomic mass is 15.6. The summed E-state index contributed by atoms with van der Waals surface area (Å²) in [6.07, 6.45) is 2.93. The summed E-state index contributed by atoms with van der Waals surface area (Å²) < 4.78 is 2.14. The lowest BCUT2D eigenvalue weighted by Crippen LogP contribution is -2.17. The van der Waals surface area contributed by atoms with E-state index >= 15 is 0 Å². The molecule has 104 valence electrons. The van der Waals surface area contributed by atoms with E-state index < -0.39 is 0 Å². The third-order valence-electron chi connectivity index (χ3n) is 3.26. The number of hydrogen-bond donors (Lipinski definition) is 1. The van der Waals surface area contributed by atoms with Crippen molar-refractivity contribution in [2.75, 3.05) is 0 Å². The molecule has 0 bridgehead atoms. The fraction of sp³-hybridized carbons (Fsp3) is 0.357. The second kappa shape index (κ2) is 5.05. The molecule has 3 rings (SSSR count). The van der Waals surface area contributed by atoms with Crippen molar-refractivity contribution in [2.45, 2.75) is 25.9 Å². The van der Waals surface area contributed by atoms with Crippen LogP contribution in [0.5, 0.6) is 0 Å². The van der Waals surface area contributed by atoms with Crippen molar-refractivity contribution >= 4 is 10.9 Å². The van der Waals surface area contributed by atoms with Gasteiger partial charge >= 0.3 is 0 Å². The van der Waals surface area contributed by atoms with Gasteiger partial charge in [0.05, 0.1) is 13.6 Å². The topological polar surface area (TPSA) is 74.6 Å². The summed E-state index contributed by atoms with van der Waals surface area (Å²) in [5, 5.41) is 13.3. The average Bonchev–Trinajstić information content (AvgIpc) is 2.97. The first-order valence-electron chi connectivity index (χ1n) is 6.68. The average molecular weight is 270 g/mol. The van der Waals surface area contributed by atoms with Crippen LogP contribution in [0.25, 0.3) is 10.9 Å². The maximum Gasteiger partial charge on any atom is 0.194 e. The van der Waals surface area contributed by atoms with Gasteiger partial charge in [0.25, 0.3) is 0 Å². The van der Waals surface area contributed by atoms with Crippen LogP contribution in [0.3, 0.4) is 0 Å². The molecule has 0 aliphatic carbocycles. The summed E-state index contributed by atoms with van der Waals surface area (Å²) in [6.45, 7) is 2.64. The maximum atomic E-state index is 5.87. The summed E-state index contributed by atoms with van der Waals surface area (Å²) in [5.41, 5.74) is 8.30. The Hall–Kier alpha value is -2.21. The van der Waals surface area contributed by atoms with Crippen LogP contribution < -0.4 is 5.73 Å². The first-order valence-corrected chi connectivity index (χ1v) is 6.68. The van der Waals surface area contributed by atoms with Crippen molar-refractivity contribution in [1.82, 2.24) is 24.8 Å². The molecule has 6 heteroatoms. The van der Waals surface area contributed by atoms with Crippen molar-refractivity contribution in [1.29, 1.82) is 0 Å². The highest BCUT2D eigenvalue weighted by Crippen LogP contribution is 2.19. The van der Waals surface area contributed by atoms with Crippen molar-refractivity contribution in [3.8, 4) is 0 Å². The van der Waals surface area contributed by atoms with Gasteiger partial charge in [-0.05, 0) is 41.6 Å². The van der Waals surface area contributed by atoms with Crippen LogP contribution in [0.4, 0.5) is 0 Å². The van der Waals surface area contributed by atoms with Gasteiger partial charge in [-0.2, -0.15) is 4.80 Å². The molecule has 0 saturated heterocycles. The van der Waals surface area contributed by atoms with Crippen LogP contribution >= 0.6 is 0 Å². The Labute approximate surface area is 117 Å². The van der Waals surface area contributed by atoms with Crippen molar-refractivity contribution in [2.24, 2.45) is 12.8 Å². The van der Waals surface area contributed by atoms with E-state index in [0.29, 0.717) is 12.4 Å². The third-order valence-corrected chi connectivity index (χ3v) is 3.26. The van der Waals surface area contributed by atoms with Gasteiger partial charge in [0.15, 0.2) is 5.82 Å². The van der Waals surface area contributed by atoms with Gasteiger partial charge in [0.2, 0.25) is 0 Å². The summed E-state index contributed by atoms with van der Waals surface area (Å²) >= 11 is 0. The molecule has 0 fully saturated rings. The van der Waals surface area contributed by atoms with Gasteiger partial charge in [-0.3, -0.25) is 0 Å². The molecule has 6 nitrogen and oxygen atoms in total. The Kier molecular flexibility index (Phi) is 3.23. The molecular weight excluding hydrogens is 252 g/mol. The Morgan fingerprint density at radius 1 is 1.30 bits per heavy atom. The normalized spacial score (nSPS) is 12.9. The van der Waals surface area contributed by atoms with Crippen molar-refractivity contribution < 1.29 is 0 Å². The molecule has 1 aromatic carbocycles. The minimum Gasteiger partial charge on any atom is -0.340 e. The Morgan fingerprint density at radius 2 is 2.15 bits per heavy atom. The minimum atomic E-state index is 0.164. The van der Waals surface area contributed by atoms with E-state index in [1.54, 1.807) is 7.05 Å². The molecular formula is C14H18N6. The van der Waals surface area contributed by atoms with Gasteiger partial charge in [0.1, 0.15) is 0 Å². The Bertz CT molecular complexity index is 724. The molecule has 2 aromatic heterocycles. The highest BCUT2D eigenvalue weighted by Gasteiger charge is 2.07. The zero-order chi connectivity index (χ0) is 14.1. The molecule has 0 aliphatic heterocycles. The van der Waals surface area contributed by atoms with E-state index in [-0.39, 0.29) is 6.04 Å². The van der Waals surface area contributed by atoms with E-state index in [1.807, 2.05) is 6.92 Å². The van der Waals surface area contributed by atoms with Crippen LogP contribution in [0, 0.1) is 0 Å². The fourth-order valence-corrected chi connectivity index (χ4v) is 2.41. The van der Waals surface area contributed by atoms with E-state index in [2.05, 4.69) is 50.4 Å². The van der Waals surface area contributed by atoms with Crippen LogP contribution in [0.1, 0.15) is 18.3 Å². The third kappa shape index (κ3) is 2.55. The van der Waals surface area contributed by atoms with Gasteiger partial charge < -0.3 is 10.3 Å². The quantitative estimate of drug-likeness (QED) is 0.770. The van der Waals surface area contributed by atoms with E-state index in [1.165, 1.54) is 21.3 Å². The summed E-state index contributed by atoms with van der Waals surface area (Å²) in [6, 6.07) is 8.72. The number of hydrogen-bond acceptors (Lipinski definition) is 4. The second-order valence-electron chi connectivity index (χ2n) is 5.21. The Balaban J connectivity index is 1.94. The monoisotopic (exact) mass is 270 g/mol. The smallest absolute Gasteiger partial charge is 0.194 e. The zero-order valence-electron chi connectivity index (χ0n) is 11.7. The van der Waals surface area contributed by atoms with Gasteiger partial charge in [0, 0.05) is 17.8 Å². The second-order valence-corrected chi connectivity index (χ2v) is 5.21. The summed E-state index contributed by atoms with van der Waals surface area (Å²) in [7, 11) is 1.77. The van der Waals surface area contributed by atoms with Crippen LogP contribution in [0.2, 0.25) is 0 Å². The lowest BCUT2D eigenvalue weighted by atomic mass is 10.1. The molecule has 20 heavy (non-hydrogen) atoms. The fourth-order valence-electron chi connectivity index (χ4n) is 2.41. The first-order chi connectivity index (χ1) is 9.61. The van der Waals surface area contributed by atoms with Gasteiger partial charge in [-0.15, -0.1) is 10.2 Å². The number of aryl methyl sites for hydroxylation is 1. The zero-order valence-corrected chi connectivity index (χ0v) is 11.7. The number of rotatable bonds is 4. The molecule has 1 unspecified atom stereocenters.